The minimum Gasteiger partial charge on any atom is -0.466 e. The van der Waals surface area contributed by atoms with Gasteiger partial charge in [-0.15, -0.1) is 5.11 Å². The minimum atomic E-state index is -4.86. The molecule has 200 valence electrons. The molecule has 2 aromatic carbocycles. The van der Waals surface area contributed by atoms with E-state index >= 15 is 0 Å². The van der Waals surface area contributed by atoms with Crippen LogP contribution in [0.25, 0.3) is 0 Å². The van der Waals surface area contributed by atoms with Crippen molar-refractivity contribution in [2.45, 2.75) is 45.0 Å². The van der Waals surface area contributed by atoms with Gasteiger partial charge in [0.15, 0.2) is 0 Å². The van der Waals surface area contributed by atoms with Crippen molar-refractivity contribution in [3.8, 4) is 12.1 Å². The normalized spacial score (nSPS) is 11.6. The van der Waals surface area contributed by atoms with Crippen molar-refractivity contribution >= 4 is 23.3 Å². The van der Waals surface area contributed by atoms with Crippen LogP contribution in [-0.4, -0.2) is 18.5 Å². The number of nitriles is 2. The summed E-state index contributed by atoms with van der Waals surface area (Å²) in [7, 11) is 0. The smallest absolute Gasteiger partial charge is 0.416 e. The molecule has 0 atom stereocenters. The van der Waals surface area contributed by atoms with Crippen molar-refractivity contribution < 1.29 is 40.7 Å². The van der Waals surface area contributed by atoms with Gasteiger partial charge in [0.2, 0.25) is 5.91 Å². The van der Waals surface area contributed by atoms with Gasteiger partial charge in [0, 0.05) is 12.8 Å². The molecule has 0 spiro atoms. The Balaban J connectivity index is 2.51. The van der Waals surface area contributed by atoms with Crippen LogP contribution in [0.4, 0.5) is 37.7 Å². The molecule has 0 aromatic heterocycles. The number of unbranched alkanes of at least 4 members (excludes halogenated alkanes) is 1. The highest BCUT2D eigenvalue weighted by Gasteiger charge is 2.33. The monoisotopic (exact) mass is 539 g/mol. The van der Waals surface area contributed by atoms with Crippen LogP contribution in [0.2, 0.25) is 0 Å². The third-order valence-corrected chi connectivity index (χ3v) is 4.92. The molecule has 0 heterocycles. The number of alkyl halides is 6. The average molecular weight is 539 g/mol. The molecule has 0 fully saturated rings. The summed E-state index contributed by atoms with van der Waals surface area (Å²) in [4.78, 5) is 24.4. The Morgan fingerprint density at radius 3 is 2.00 bits per heavy atom. The molecule has 0 saturated heterocycles. The van der Waals surface area contributed by atoms with Crippen molar-refractivity contribution in [3.05, 3.63) is 58.7 Å². The first kappa shape index (κ1) is 29.8. The maximum absolute atomic E-state index is 13.3. The Labute approximate surface area is 212 Å². The molecule has 0 aliphatic heterocycles. The molecule has 0 unspecified atom stereocenters. The Hall–Kier alpha value is -4.46. The summed E-state index contributed by atoms with van der Waals surface area (Å²) >= 11 is 0. The van der Waals surface area contributed by atoms with E-state index < -0.39 is 52.3 Å². The Bertz CT molecular complexity index is 1290. The van der Waals surface area contributed by atoms with E-state index in [1.165, 1.54) is 0 Å². The van der Waals surface area contributed by atoms with Gasteiger partial charge in [0.05, 0.1) is 34.5 Å². The van der Waals surface area contributed by atoms with E-state index in [4.69, 9.17) is 4.74 Å². The summed E-state index contributed by atoms with van der Waals surface area (Å²) in [5.74, 6) is -1.48. The fraction of sp³-hybridized carbons (Fsp3) is 0.333. The molecule has 8 nitrogen and oxygen atoms in total. The van der Waals surface area contributed by atoms with Crippen LogP contribution in [0.5, 0.6) is 0 Å². The maximum atomic E-state index is 13.3. The SMILES string of the molecule is CCOC(=O)CCCCC(=O)N(/N=N/c1cc(C(F)(F)F)ccc1C#N)c1cc(C(F)(F)F)ccc1C#N. The first-order valence-electron chi connectivity index (χ1n) is 10.9. The number of rotatable bonds is 9. The third kappa shape index (κ3) is 8.03. The van der Waals surface area contributed by atoms with E-state index in [1.807, 2.05) is 0 Å². The molecule has 2 rings (SSSR count). The summed E-state index contributed by atoms with van der Waals surface area (Å²) < 4.78 is 84.2. The second-order valence-corrected chi connectivity index (χ2v) is 7.59. The van der Waals surface area contributed by atoms with Gasteiger partial charge in [-0.1, -0.05) is 5.22 Å². The standard InChI is InChI=1S/C24H19F6N5O3/c1-2-38-22(37)6-4-3-5-21(36)35(20-12-18(24(28,29)30)10-8-16(20)14-32)34-33-19-11-17(23(25,26)27)9-7-15(19)13-31/h7-12H,2-6H2,1H3/b34-33+. The average Bonchev–Trinajstić information content (AvgIpc) is 2.85. The zero-order valence-corrected chi connectivity index (χ0v) is 19.7. The van der Waals surface area contributed by atoms with Gasteiger partial charge in [-0.3, -0.25) is 9.59 Å². The quantitative estimate of drug-likeness (QED) is 0.117. The zero-order chi connectivity index (χ0) is 28.5. The first-order valence-corrected chi connectivity index (χ1v) is 10.9. The number of carbonyl (C=O) groups is 2. The Morgan fingerprint density at radius 2 is 1.45 bits per heavy atom. The predicted octanol–water partition coefficient (Wildman–Crippen LogP) is 6.62. The van der Waals surface area contributed by atoms with Crippen molar-refractivity contribution in [2.75, 3.05) is 11.6 Å². The lowest BCUT2D eigenvalue weighted by molar-refractivity contribution is -0.143. The second-order valence-electron chi connectivity index (χ2n) is 7.59. The molecule has 0 N–H and O–H groups in total. The number of hydrogen-bond acceptors (Lipinski definition) is 7. The molecule has 0 saturated carbocycles. The van der Waals surface area contributed by atoms with Gasteiger partial charge in [-0.2, -0.15) is 41.9 Å². The van der Waals surface area contributed by atoms with Crippen LogP contribution in [0.3, 0.4) is 0 Å². The van der Waals surface area contributed by atoms with Gasteiger partial charge < -0.3 is 4.74 Å². The molecule has 0 aliphatic carbocycles. The number of benzene rings is 2. The molecule has 0 radical (unpaired) electrons. The number of amides is 1. The molecule has 2 aromatic rings. The zero-order valence-electron chi connectivity index (χ0n) is 19.7. The number of nitrogens with zero attached hydrogens (tertiary/aromatic N) is 5. The van der Waals surface area contributed by atoms with Crippen molar-refractivity contribution in [1.29, 1.82) is 10.5 Å². The van der Waals surface area contributed by atoms with Crippen LogP contribution >= 0.6 is 0 Å². The van der Waals surface area contributed by atoms with Crippen molar-refractivity contribution in [1.82, 2.24) is 0 Å². The lowest BCUT2D eigenvalue weighted by atomic mass is 10.1. The summed E-state index contributed by atoms with van der Waals surface area (Å²) in [6.07, 6.45) is -9.82. The number of anilines is 1. The topological polar surface area (TPSA) is 119 Å². The number of hydrogen-bond donors (Lipinski definition) is 0. The van der Waals surface area contributed by atoms with Crippen LogP contribution in [0, 0.1) is 22.7 Å². The highest BCUT2D eigenvalue weighted by atomic mass is 19.4. The van der Waals surface area contributed by atoms with Crippen LogP contribution < -0.4 is 5.01 Å². The third-order valence-electron chi connectivity index (χ3n) is 4.92. The Kier molecular flexibility index (Phi) is 9.93. The molecule has 38 heavy (non-hydrogen) atoms. The van der Waals surface area contributed by atoms with E-state index in [2.05, 4.69) is 10.3 Å². The maximum Gasteiger partial charge on any atom is 0.416 e. The highest BCUT2D eigenvalue weighted by molar-refractivity contribution is 5.94. The summed E-state index contributed by atoms with van der Waals surface area (Å²) in [5.41, 5.74) is -4.38. The van der Waals surface area contributed by atoms with E-state index in [9.17, 15) is 46.5 Å². The van der Waals surface area contributed by atoms with E-state index in [0.29, 0.717) is 29.3 Å². The van der Waals surface area contributed by atoms with E-state index in [1.54, 1.807) is 19.1 Å². The molecule has 1 amide bonds. The lowest BCUT2D eigenvalue weighted by Crippen LogP contribution is -2.26. The van der Waals surface area contributed by atoms with E-state index in [0.717, 1.165) is 12.1 Å². The molecule has 0 bridgehead atoms. The van der Waals surface area contributed by atoms with Gasteiger partial charge in [-0.25, -0.2) is 0 Å². The fourth-order valence-corrected chi connectivity index (χ4v) is 3.07. The van der Waals surface area contributed by atoms with E-state index in [-0.39, 0.29) is 37.9 Å². The number of halogens is 6. The van der Waals surface area contributed by atoms with Crippen LogP contribution in [0.1, 0.15) is 54.9 Å². The summed E-state index contributed by atoms with van der Waals surface area (Å²) in [5, 5.41) is 26.1. The van der Waals surface area contributed by atoms with Crippen LogP contribution in [-0.2, 0) is 26.7 Å². The molecular weight excluding hydrogens is 520 g/mol. The number of ether oxygens (including phenoxy) is 1. The summed E-state index contributed by atoms with van der Waals surface area (Å²) in [6, 6.07) is 7.08. The molecular formula is C24H19F6N5O3. The fourth-order valence-electron chi connectivity index (χ4n) is 3.07. The Morgan fingerprint density at radius 1 is 0.895 bits per heavy atom. The first-order chi connectivity index (χ1) is 17.8. The van der Waals surface area contributed by atoms with Gasteiger partial charge in [0.25, 0.3) is 0 Å². The van der Waals surface area contributed by atoms with Crippen LogP contribution in [0.15, 0.2) is 46.7 Å². The molecule has 0 aliphatic rings. The summed E-state index contributed by atoms with van der Waals surface area (Å²) in [6.45, 7) is 1.76. The number of esters is 1. The molecule has 14 heteroatoms. The predicted molar refractivity (Wildman–Crippen MR) is 119 cm³/mol. The van der Waals surface area contributed by atoms with Gasteiger partial charge in [-0.05, 0) is 56.2 Å². The van der Waals surface area contributed by atoms with Crippen molar-refractivity contribution in [2.24, 2.45) is 10.3 Å². The van der Waals surface area contributed by atoms with Crippen molar-refractivity contribution in [3.63, 3.8) is 0 Å². The second kappa shape index (κ2) is 12.7. The lowest BCUT2D eigenvalue weighted by Gasteiger charge is -2.19. The van der Waals surface area contributed by atoms with Gasteiger partial charge in [0.1, 0.15) is 17.8 Å². The highest BCUT2D eigenvalue weighted by Crippen LogP contribution is 2.36. The van der Waals surface area contributed by atoms with Gasteiger partial charge >= 0.3 is 18.3 Å². The minimum absolute atomic E-state index is 0.0363. The number of carbonyl (C=O) groups excluding carboxylic acids is 2. The largest absolute Gasteiger partial charge is 0.466 e.